The summed E-state index contributed by atoms with van der Waals surface area (Å²) in [6, 6.07) is 0. The second-order valence-corrected chi connectivity index (χ2v) is 4.31. The zero-order valence-electron chi connectivity index (χ0n) is 10.1. The van der Waals surface area contributed by atoms with Crippen LogP contribution in [0.5, 0.6) is 5.75 Å². The topological polar surface area (TPSA) is 96.5 Å². The Morgan fingerprint density at radius 2 is 2.29 bits per heavy atom. The molecule has 7 nitrogen and oxygen atoms in total. The van der Waals surface area contributed by atoms with Gasteiger partial charge in [-0.3, -0.25) is 10.4 Å². The molecule has 1 rings (SSSR count). The number of H-pyrrole nitrogens is 1. The Kier molecular flexibility index (Phi) is 4.33. The Morgan fingerprint density at radius 1 is 1.59 bits per heavy atom. The van der Waals surface area contributed by atoms with E-state index in [0.29, 0.717) is 11.6 Å². The van der Waals surface area contributed by atoms with Crippen molar-refractivity contribution < 1.29 is 19.4 Å². The number of aliphatic hydroxyl groups excluding tert-OH is 1. The van der Waals surface area contributed by atoms with Crippen molar-refractivity contribution in [1.82, 2.24) is 10.2 Å². The van der Waals surface area contributed by atoms with Crippen LogP contribution >= 0.6 is 0 Å². The van der Waals surface area contributed by atoms with Crippen molar-refractivity contribution in [2.45, 2.75) is 26.4 Å². The summed E-state index contributed by atoms with van der Waals surface area (Å²) < 4.78 is 10.2. The first kappa shape index (κ1) is 13.3. The third-order valence-corrected chi connectivity index (χ3v) is 1.58. The lowest BCUT2D eigenvalue weighted by molar-refractivity contribution is 0.0634. The molecule has 0 bridgehead atoms. The Labute approximate surface area is 99.1 Å². The van der Waals surface area contributed by atoms with Crippen LogP contribution in [0.1, 0.15) is 20.8 Å². The molecule has 0 spiro atoms. The molecule has 0 atom stereocenters. The van der Waals surface area contributed by atoms with Gasteiger partial charge in [-0.05, 0) is 20.8 Å². The molecular weight excluding hydrogens is 226 g/mol. The van der Waals surface area contributed by atoms with E-state index >= 15 is 0 Å². The van der Waals surface area contributed by atoms with Gasteiger partial charge in [0.15, 0.2) is 11.6 Å². The number of aliphatic hydroxyl groups is 1. The van der Waals surface area contributed by atoms with Crippen LogP contribution in [-0.4, -0.2) is 40.2 Å². The molecular formula is C10H17N3O4. The second-order valence-electron chi connectivity index (χ2n) is 4.31. The summed E-state index contributed by atoms with van der Waals surface area (Å²) in [5.41, 5.74) is -0.573. The van der Waals surface area contributed by atoms with Gasteiger partial charge in [0, 0.05) is 0 Å². The summed E-state index contributed by atoms with van der Waals surface area (Å²) in [5, 5.41) is 17.4. The molecule has 1 aromatic rings. The lowest BCUT2D eigenvalue weighted by Crippen LogP contribution is -2.27. The van der Waals surface area contributed by atoms with Crippen LogP contribution in [0.15, 0.2) is 6.20 Å². The molecule has 0 aromatic carbocycles. The molecule has 0 aliphatic heterocycles. The predicted molar refractivity (Wildman–Crippen MR) is 61.0 cm³/mol. The van der Waals surface area contributed by atoms with Crippen molar-refractivity contribution in [3.63, 3.8) is 0 Å². The van der Waals surface area contributed by atoms with Gasteiger partial charge in [0.25, 0.3) is 0 Å². The number of hydrogen-bond donors (Lipinski definition) is 3. The lowest BCUT2D eigenvalue weighted by atomic mass is 10.2. The molecule has 0 saturated heterocycles. The minimum atomic E-state index is -0.601. The van der Waals surface area contributed by atoms with E-state index in [9.17, 15) is 4.79 Å². The van der Waals surface area contributed by atoms with Crippen LogP contribution in [-0.2, 0) is 4.74 Å². The number of ether oxygens (including phenoxy) is 2. The molecule has 96 valence electrons. The van der Waals surface area contributed by atoms with Gasteiger partial charge in [-0.25, -0.2) is 4.79 Å². The van der Waals surface area contributed by atoms with Gasteiger partial charge < -0.3 is 14.6 Å². The SMILES string of the molecule is CC(C)(C)OC(=O)Nc1[nH]ncc1OCCO. The number of aromatic nitrogens is 2. The summed E-state index contributed by atoms with van der Waals surface area (Å²) in [5.74, 6) is 0.651. The monoisotopic (exact) mass is 243 g/mol. The third kappa shape index (κ3) is 4.73. The van der Waals surface area contributed by atoms with E-state index in [2.05, 4.69) is 15.5 Å². The van der Waals surface area contributed by atoms with E-state index in [1.807, 2.05) is 0 Å². The Bertz CT molecular complexity index is 370. The maximum Gasteiger partial charge on any atom is 0.413 e. The molecule has 0 aliphatic carbocycles. The molecule has 1 heterocycles. The fraction of sp³-hybridized carbons (Fsp3) is 0.600. The zero-order valence-corrected chi connectivity index (χ0v) is 10.1. The quantitative estimate of drug-likeness (QED) is 0.736. The van der Waals surface area contributed by atoms with Gasteiger partial charge in [0.05, 0.1) is 12.8 Å². The smallest absolute Gasteiger partial charge is 0.413 e. The van der Waals surface area contributed by atoms with Crippen molar-refractivity contribution >= 4 is 11.9 Å². The van der Waals surface area contributed by atoms with Crippen LogP contribution in [0.2, 0.25) is 0 Å². The normalized spacial score (nSPS) is 11.1. The van der Waals surface area contributed by atoms with Gasteiger partial charge in [-0.1, -0.05) is 0 Å². The minimum absolute atomic E-state index is 0.114. The number of carbonyl (C=O) groups excluding carboxylic acids is 1. The van der Waals surface area contributed by atoms with Crippen molar-refractivity contribution in [2.24, 2.45) is 0 Å². The summed E-state index contributed by atoms with van der Waals surface area (Å²) >= 11 is 0. The van der Waals surface area contributed by atoms with Gasteiger partial charge >= 0.3 is 6.09 Å². The number of anilines is 1. The van der Waals surface area contributed by atoms with E-state index in [-0.39, 0.29) is 13.2 Å². The van der Waals surface area contributed by atoms with Gasteiger partial charge in [-0.2, -0.15) is 5.10 Å². The summed E-state index contributed by atoms with van der Waals surface area (Å²) in [6.07, 6.45) is 0.804. The van der Waals surface area contributed by atoms with Crippen molar-refractivity contribution in [3.8, 4) is 5.75 Å². The van der Waals surface area contributed by atoms with E-state index < -0.39 is 11.7 Å². The second kappa shape index (κ2) is 5.53. The lowest BCUT2D eigenvalue weighted by Gasteiger charge is -2.19. The maximum atomic E-state index is 11.5. The first-order valence-electron chi connectivity index (χ1n) is 5.19. The third-order valence-electron chi connectivity index (χ3n) is 1.58. The van der Waals surface area contributed by atoms with E-state index in [4.69, 9.17) is 14.6 Å². The van der Waals surface area contributed by atoms with E-state index in [1.165, 1.54) is 6.20 Å². The van der Waals surface area contributed by atoms with Crippen LogP contribution in [0.25, 0.3) is 0 Å². The highest BCUT2D eigenvalue weighted by atomic mass is 16.6. The first-order valence-corrected chi connectivity index (χ1v) is 5.19. The summed E-state index contributed by atoms with van der Waals surface area (Å²) in [7, 11) is 0. The van der Waals surface area contributed by atoms with Crippen molar-refractivity contribution in [3.05, 3.63) is 6.20 Å². The standard InChI is InChI=1S/C10H17N3O4/c1-10(2,3)17-9(15)12-8-7(6-11-13-8)16-5-4-14/h6,14H,4-5H2,1-3H3,(H2,11,12,13,15). The average Bonchev–Trinajstić information content (AvgIpc) is 2.59. The zero-order chi connectivity index (χ0) is 12.9. The van der Waals surface area contributed by atoms with Crippen molar-refractivity contribution in [1.29, 1.82) is 0 Å². The Morgan fingerprint density at radius 3 is 2.88 bits per heavy atom. The number of aromatic amines is 1. The molecule has 0 radical (unpaired) electrons. The molecule has 0 aliphatic rings. The molecule has 0 fully saturated rings. The molecule has 0 unspecified atom stereocenters. The minimum Gasteiger partial charge on any atom is -0.486 e. The van der Waals surface area contributed by atoms with Crippen LogP contribution < -0.4 is 10.1 Å². The summed E-state index contributed by atoms with van der Waals surface area (Å²) in [4.78, 5) is 11.5. The highest BCUT2D eigenvalue weighted by molar-refractivity contribution is 5.85. The molecule has 3 N–H and O–H groups in total. The molecule has 1 aromatic heterocycles. The van der Waals surface area contributed by atoms with Crippen LogP contribution in [0.3, 0.4) is 0 Å². The molecule has 7 heteroatoms. The molecule has 0 saturated carbocycles. The number of nitrogens with zero attached hydrogens (tertiary/aromatic N) is 1. The number of nitrogens with one attached hydrogen (secondary N) is 2. The van der Waals surface area contributed by atoms with E-state index in [1.54, 1.807) is 20.8 Å². The number of amides is 1. The highest BCUT2D eigenvalue weighted by Gasteiger charge is 2.18. The molecule has 1 amide bonds. The Balaban J connectivity index is 2.56. The van der Waals surface area contributed by atoms with Crippen molar-refractivity contribution in [2.75, 3.05) is 18.5 Å². The molecule has 17 heavy (non-hydrogen) atoms. The first-order chi connectivity index (χ1) is 7.92. The maximum absolute atomic E-state index is 11.5. The van der Waals surface area contributed by atoms with Gasteiger partial charge in [-0.15, -0.1) is 0 Å². The fourth-order valence-corrected chi connectivity index (χ4v) is 1.04. The van der Waals surface area contributed by atoms with Crippen LogP contribution in [0.4, 0.5) is 10.6 Å². The number of hydrogen-bond acceptors (Lipinski definition) is 5. The summed E-state index contributed by atoms with van der Waals surface area (Å²) in [6.45, 7) is 5.31. The number of carbonyl (C=O) groups is 1. The average molecular weight is 243 g/mol. The predicted octanol–water partition coefficient (Wildman–Crippen LogP) is 1.13. The fourth-order valence-electron chi connectivity index (χ4n) is 1.04. The van der Waals surface area contributed by atoms with E-state index in [0.717, 1.165) is 0 Å². The van der Waals surface area contributed by atoms with Gasteiger partial charge in [0.1, 0.15) is 12.2 Å². The van der Waals surface area contributed by atoms with Gasteiger partial charge in [0.2, 0.25) is 0 Å². The Hall–Kier alpha value is -1.76. The largest absolute Gasteiger partial charge is 0.486 e. The number of rotatable bonds is 4. The highest BCUT2D eigenvalue weighted by Crippen LogP contribution is 2.21. The van der Waals surface area contributed by atoms with Crippen LogP contribution in [0, 0.1) is 0 Å².